The molecule has 2 aromatic carbocycles. The van der Waals surface area contributed by atoms with Crippen molar-refractivity contribution < 1.29 is 4.79 Å². The highest BCUT2D eigenvalue weighted by molar-refractivity contribution is 6.42. The Morgan fingerprint density at radius 1 is 1.09 bits per heavy atom. The van der Waals surface area contributed by atoms with Crippen LogP contribution in [0.25, 0.3) is 10.9 Å². The topological polar surface area (TPSA) is 57.8 Å². The Bertz CT molecular complexity index is 1220. The third-order valence-electron chi connectivity index (χ3n) is 5.76. The molecule has 4 rings (SSSR count). The number of carbonyl (C=O) groups excluding carboxylic acids is 1. The maximum Gasteiger partial charge on any atom is 0.220 e. The summed E-state index contributed by atoms with van der Waals surface area (Å²) in [5.74, 6) is -0.168. The van der Waals surface area contributed by atoms with Crippen LogP contribution in [0.4, 0.5) is 0 Å². The van der Waals surface area contributed by atoms with Crippen LogP contribution in [0.3, 0.4) is 0 Å². The zero-order chi connectivity index (χ0) is 22.5. The summed E-state index contributed by atoms with van der Waals surface area (Å²) in [4.78, 5) is 20.7. The van der Waals surface area contributed by atoms with Crippen molar-refractivity contribution in [2.75, 3.05) is 6.54 Å². The van der Waals surface area contributed by atoms with E-state index in [-0.39, 0.29) is 11.8 Å². The minimum atomic E-state index is -0.152. The molecule has 1 amide bonds. The number of benzene rings is 2. The number of pyridine rings is 1. The minimum absolute atomic E-state index is 0.0157. The molecule has 0 aliphatic heterocycles. The summed E-state index contributed by atoms with van der Waals surface area (Å²) >= 11 is 12.5. The van der Waals surface area contributed by atoms with E-state index in [1.165, 1.54) is 5.56 Å². The molecule has 4 nitrogen and oxygen atoms in total. The molecular weight excluding hydrogens is 441 g/mol. The molecule has 164 valence electrons. The van der Waals surface area contributed by atoms with Crippen molar-refractivity contribution in [2.45, 2.75) is 32.1 Å². The van der Waals surface area contributed by atoms with Crippen molar-refractivity contribution in [1.29, 1.82) is 0 Å². The number of para-hydroxylation sites is 1. The fourth-order valence-corrected chi connectivity index (χ4v) is 4.40. The average molecular weight is 466 g/mol. The number of hydrogen-bond acceptors (Lipinski definition) is 2. The number of aromatic amines is 1. The van der Waals surface area contributed by atoms with E-state index in [1.807, 2.05) is 36.5 Å². The number of aryl methyl sites for hydroxylation is 1. The molecule has 2 N–H and O–H groups in total. The van der Waals surface area contributed by atoms with Crippen LogP contribution >= 0.6 is 23.2 Å². The molecule has 0 fully saturated rings. The van der Waals surface area contributed by atoms with Crippen LogP contribution < -0.4 is 5.32 Å². The summed E-state index contributed by atoms with van der Waals surface area (Å²) in [6.07, 6.45) is 5.71. The van der Waals surface area contributed by atoms with Crippen molar-refractivity contribution in [3.8, 4) is 0 Å². The summed E-state index contributed by atoms with van der Waals surface area (Å²) in [6.45, 7) is 2.68. The third-order valence-corrected chi connectivity index (χ3v) is 6.49. The van der Waals surface area contributed by atoms with Crippen LogP contribution in [0.2, 0.25) is 10.0 Å². The maximum atomic E-state index is 12.9. The third kappa shape index (κ3) is 4.98. The molecule has 0 spiro atoms. The van der Waals surface area contributed by atoms with Gasteiger partial charge in [-0.1, -0.05) is 60.5 Å². The number of carbonyl (C=O) groups is 1. The summed E-state index contributed by atoms with van der Waals surface area (Å²) in [5, 5.41) is 5.15. The molecule has 0 aliphatic carbocycles. The lowest BCUT2D eigenvalue weighted by molar-refractivity contribution is -0.121. The van der Waals surface area contributed by atoms with Crippen molar-refractivity contribution in [3.05, 3.63) is 99.4 Å². The second kappa shape index (κ2) is 10.2. The number of H-pyrrole nitrogens is 1. The summed E-state index contributed by atoms with van der Waals surface area (Å²) in [7, 11) is 0. The number of nitrogens with one attached hydrogen (secondary N) is 2. The first-order valence-electron chi connectivity index (χ1n) is 10.8. The number of hydrogen-bond donors (Lipinski definition) is 2. The van der Waals surface area contributed by atoms with Gasteiger partial charge in [0.25, 0.3) is 0 Å². The number of halogens is 2. The standard InChI is InChI=1S/C26H25Cl2N3O/c1-2-17-6-5-8-20-22(16-31-26(17)20)21(18-9-10-23(27)24(28)14-18)15-25(32)30-13-11-19-7-3-4-12-29-19/h3-10,12,14,16,21,31H,2,11,13,15H2,1H3,(H,30,32)/t21-/m0/s1. The predicted molar refractivity (Wildman–Crippen MR) is 132 cm³/mol. The van der Waals surface area contributed by atoms with E-state index in [1.54, 1.807) is 12.3 Å². The lowest BCUT2D eigenvalue weighted by Gasteiger charge is -2.18. The Balaban J connectivity index is 1.60. The van der Waals surface area contributed by atoms with E-state index < -0.39 is 0 Å². The van der Waals surface area contributed by atoms with Crippen molar-refractivity contribution >= 4 is 40.0 Å². The molecule has 2 aromatic heterocycles. The van der Waals surface area contributed by atoms with Crippen LogP contribution in [-0.4, -0.2) is 22.4 Å². The first-order valence-corrected chi connectivity index (χ1v) is 11.5. The first kappa shape index (κ1) is 22.4. The van der Waals surface area contributed by atoms with Crippen LogP contribution in [0.5, 0.6) is 0 Å². The number of aromatic nitrogens is 2. The molecule has 0 saturated carbocycles. The van der Waals surface area contributed by atoms with Gasteiger partial charge in [-0.2, -0.15) is 0 Å². The van der Waals surface area contributed by atoms with Gasteiger partial charge in [0.2, 0.25) is 5.91 Å². The second-order valence-corrected chi connectivity index (χ2v) is 8.60. The largest absolute Gasteiger partial charge is 0.361 e. The first-order chi connectivity index (χ1) is 15.6. The van der Waals surface area contributed by atoms with Crippen molar-refractivity contribution in [1.82, 2.24) is 15.3 Å². The molecule has 6 heteroatoms. The molecular formula is C26H25Cl2N3O. The fraction of sp³-hybridized carbons (Fsp3) is 0.231. The van der Waals surface area contributed by atoms with Gasteiger partial charge in [-0.05, 0) is 47.4 Å². The Morgan fingerprint density at radius 2 is 1.97 bits per heavy atom. The van der Waals surface area contributed by atoms with Gasteiger partial charge in [0.15, 0.2) is 0 Å². The van der Waals surface area contributed by atoms with E-state index in [2.05, 4.69) is 40.4 Å². The monoisotopic (exact) mass is 465 g/mol. The Kier molecular flexibility index (Phi) is 7.13. The van der Waals surface area contributed by atoms with Crippen LogP contribution in [-0.2, 0) is 17.6 Å². The Labute approximate surface area is 198 Å². The van der Waals surface area contributed by atoms with Gasteiger partial charge in [0.1, 0.15) is 0 Å². The van der Waals surface area contributed by atoms with E-state index in [4.69, 9.17) is 23.2 Å². The van der Waals surface area contributed by atoms with Gasteiger partial charge in [-0.3, -0.25) is 9.78 Å². The highest BCUT2D eigenvalue weighted by Crippen LogP contribution is 2.36. The Hall–Kier alpha value is -2.82. The van der Waals surface area contributed by atoms with Gasteiger partial charge in [0.05, 0.1) is 10.0 Å². The van der Waals surface area contributed by atoms with E-state index in [9.17, 15) is 4.79 Å². The van der Waals surface area contributed by atoms with Crippen LogP contribution in [0, 0.1) is 0 Å². The smallest absolute Gasteiger partial charge is 0.220 e. The highest BCUT2D eigenvalue weighted by atomic mass is 35.5. The number of rotatable bonds is 8. The SMILES string of the molecule is CCc1cccc2c([C@@H](CC(=O)NCCc3ccccn3)c3ccc(Cl)c(Cl)c3)c[nH]c12. The van der Waals surface area contributed by atoms with Gasteiger partial charge < -0.3 is 10.3 Å². The number of fused-ring (bicyclic) bond motifs is 1. The summed E-state index contributed by atoms with van der Waals surface area (Å²) in [6, 6.07) is 17.7. The van der Waals surface area contributed by atoms with Gasteiger partial charge >= 0.3 is 0 Å². The zero-order valence-corrected chi connectivity index (χ0v) is 19.4. The molecule has 1 atom stereocenters. The molecule has 0 unspecified atom stereocenters. The molecule has 0 bridgehead atoms. The molecule has 0 saturated heterocycles. The van der Waals surface area contributed by atoms with Gasteiger partial charge in [-0.25, -0.2) is 0 Å². The molecule has 2 heterocycles. The number of amides is 1. The minimum Gasteiger partial charge on any atom is -0.361 e. The summed E-state index contributed by atoms with van der Waals surface area (Å²) in [5.41, 5.74) is 5.36. The van der Waals surface area contributed by atoms with Crippen LogP contribution in [0.15, 0.2) is 67.0 Å². The maximum absolute atomic E-state index is 12.9. The highest BCUT2D eigenvalue weighted by Gasteiger charge is 2.22. The Morgan fingerprint density at radius 3 is 2.72 bits per heavy atom. The van der Waals surface area contributed by atoms with E-state index in [0.717, 1.165) is 34.1 Å². The lowest BCUT2D eigenvalue weighted by Crippen LogP contribution is -2.27. The zero-order valence-electron chi connectivity index (χ0n) is 17.9. The van der Waals surface area contributed by atoms with E-state index in [0.29, 0.717) is 29.4 Å². The van der Waals surface area contributed by atoms with E-state index >= 15 is 0 Å². The fourth-order valence-electron chi connectivity index (χ4n) is 4.09. The van der Waals surface area contributed by atoms with Crippen molar-refractivity contribution in [3.63, 3.8) is 0 Å². The molecule has 0 aliphatic rings. The second-order valence-electron chi connectivity index (χ2n) is 7.79. The normalized spacial score (nSPS) is 12.1. The predicted octanol–water partition coefficient (Wildman–Crippen LogP) is 6.31. The lowest BCUT2D eigenvalue weighted by atomic mass is 9.87. The number of nitrogens with zero attached hydrogens (tertiary/aromatic N) is 1. The average Bonchev–Trinajstić information content (AvgIpc) is 3.24. The molecule has 0 radical (unpaired) electrons. The van der Waals surface area contributed by atoms with Gasteiger partial charge in [-0.15, -0.1) is 0 Å². The quantitative estimate of drug-likeness (QED) is 0.320. The van der Waals surface area contributed by atoms with Crippen molar-refractivity contribution in [2.24, 2.45) is 0 Å². The van der Waals surface area contributed by atoms with Gasteiger partial charge in [0, 0.05) is 54.3 Å². The summed E-state index contributed by atoms with van der Waals surface area (Å²) < 4.78 is 0. The molecule has 4 aromatic rings. The van der Waals surface area contributed by atoms with Crippen LogP contribution in [0.1, 0.15) is 41.6 Å². The molecule has 32 heavy (non-hydrogen) atoms.